The fourth-order valence-corrected chi connectivity index (χ4v) is 3.28. The topological polar surface area (TPSA) is 63.4 Å². The van der Waals surface area contributed by atoms with Crippen LogP contribution in [0.2, 0.25) is 0 Å². The molecule has 0 bridgehead atoms. The third-order valence-electron chi connectivity index (χ3n) is 4.57. The zero-order chi connectivity index (χ0) is 17.6. The fraction of sp³-hybridized carbons (Fsp3) is 0.368. The molecule has 0 saturated carbocycles. The lowest BCUT2D eigenvalue weighted by atomic mass is 10.1. The molecular formula is C19H21FN4O. The predicted molar refractivity (Wildman–Crippen MR) is 93.5 cm³/mol. The first-order valence-electron chi connectivity index (χ1n) is 8.40. The fourth-order valence-electron chi connectivity index (χ4n) is 3.28. The summed E-state index contributed by atoms with van der Waals surface area (Å²) in [5.74, 6) is 0.467. The first-order valence-corrected chi connectivity index (χ1v) is 8.40. The summed E-state index contributed by atoms with van der Waals surface area (Å²) in [6, 6.07) is 12.4. The smallest absolute Gasteiger partial charge is 0.146 e. The van der Waals surface area contributed by atoms with E-state index in [2.05, 4.69) is 20.9 Å². The van der Waals surface area contributed by atoms with E-state index in [-0.39, 0.29) is 18.5 Å². The maximum absolute atomic E-state index is 13.1. The Kier molecular flexibility index (Phi) is 5.59. The van der Waals surface area contributed by atoms with Gasteiger partial charge in [-0.05, 0) is 36.2 Å². The quantitative estimate of drug-likeness (QED) is 0.904. The van der Waals surface area contributed by atoms with Crippen LogP contribution in [0.1, 0.15) is 17.5 Å². The number of nitrogens with zero attached hydrogens (tertiary/aromatic N) is 4. The molecule has 1 aliphatic heterocycles. The first kappa shape index (κ1) is 17.3. The third kappa shape index (κ3) is 4.13. The minimum Gasteiger partial charge on any atom is -0.396 e. The molecule has 5 nitrogen and oxygen atoms in total. The van der Waals surface area contributed by atoms with Gasteiger partial charge in [-0.15, -0.1) is 0 Å². The molecule has 0 radical (unpaired) electrons. The molecule has 1 aromatic carbocycles. The number of hydrogen-bond acceptors (Lipinski definition) is 5. The molecule has 0 unspecified atom stereocenters. The van der Waals surface area contributed by atoms with Gasteiger partial charge in [-0.3, -0.25) is 4.90 Å². The SMILES string of the molecule is N#Cc1cccnc1N1CCN(Cc2ccc(F)cc2)[C@@H](CCO)C1. The number of piperazine rings is 1. The zero-order valence-electron chi connectivity index (χ0n) is 14.0. The number of aliphatic hydroxyl groups is 1. The number of hydrogen-bond donors (Lipinski definition) is 1. The Labute approximate surface area is 146 Å². The summed E-state index contributed by atoms with van der Waals surface area (Å²) in [6.45, 7) is 3.07. The molecule has 0 spiro atoms. The lowest BCUT2D eigenvalue weighted by Gasteiger charge is -2.42. The molecule has 2 heterocycles. The molecule has 6 heteroatoms. The second-order valence-electron chi connectivity index (χ2n) is 6.20. The van der Waals surface area contributed by atoms with Crippen LogP contribution < -0.4 is 4.90 Å². The average molecular weight is 340 g/mol. The lowest BCUT2D eigenvalue weighted by molar-refractivity contribution is 0.135. The van der Waals surface area contributed by atoms with Gasteiger partial charge in [0, 0.05) is 45.0 Å². The van der Waals surface area contributed by atoms with Gasteiger partial charge in [0.2, 0.25) is 0 Å². The van der Waals surface area contributed by atoms with Crippen LogP contribution in [0, 0.1) is 17.1 Å². The highest BCUT2D eigenvalue weighted by molar-refractivity contribution is 5.53. The van der Waals surface area contributed by atoms with E-state index in [4.69, 9.17) is 0 Å². The molecule has 1 aliphatic rings. The average Bonchev–Trinajstić information content (AvgIpc) is 2.65. The van der Waals surface area contributed by atoms with E-state index < -0.39 is 0 Å². The monoisotopic (exact) mass is 340 g/mol. The summed E-state index contributed by atoms with van der Waals surface area (Å²) < 4.78 is 13.1. The number of nitriles is 1. The summed E-state index contributed by atoms with van der Waals surface area (Å²) in [5, 5.41) is 18.7. The van der Waals surface area contributed by atoms with Gasteiger partial charge in [-0.2, -0.15) is 5.26 Å². The number of aromatic nitrogens is 1. The molecule has 1 aromatic heterocycles. The van der Waals surface area contributed by atoms with Crippen molar-refractivity contribution in [2.24, 2.45) is 0 Å². The van der Waals surface area contributed by atoms with Gasteiger partial charge in [-0.1, -0.05) is 12.1 Å². The molecule has 25 heavy (non-hydrogen) atoms. The summed E-state index contributed by atoms with van der Waals surface area (Å²) in [7, 11) is 0. The van der Waals surface area contributed by atoms with Crippen LogP contribution in [0.4, 0.5) is 10.2 Å². The lowest BCUT2D eigenvalue weighted by Crippen LogP contribution is -2.53. The number of halogens is 1. The second-order valence-corrected chi connectivity index (χ2v) is 6.20. The first-order chi connectivity index (χ1) is 12.2. The summed E-state index contributed by atoms with van der Waals surface area (Å²) in [6.07, 6.45) is 2.34. The Morgan fingerprint density at radius 3 is 2.76 bits per heavy atom. The van der Waals surface area contributed by atoms with Crippen molar-refractivity contribution in [3.8, 4) is 6.07 Å². The highest BCUT2D eigenvalue weighted by Gasteiger charge is 2.28. The van der Waals surface area contributed by atoms with E-state index in [1.807, 2.05) is 0 Å². The summed E-state index contributed by atoms with van der Waals surface area (Å²) in [4.78, 5) is 8.78. The molecule has 0 aliphatic carbocycles. The second kappa shape index (κ2) is 8.06. The zero-order valence-corrected chi connectivity index (χ0v) is 14.0. The molecule has 1 saturated heterocycles. The van der Waals surface area contributed by atoms with Crippen LogP contribution in [0.25, 0.3) is 0 Å². The molecule has 1 N–H and O–H groups in total. The van der Waals surface area contributed by atoms with Crippen LogP contribution in [-0.4, -0.2) is 47.3 Å². The van der Waals surface area contributed by atoms with Gasteiger partial charge in [-0.25, -0.2) is 9.37 Å². The maximum atomic E-state index is 13.1. The van der Waals surface area contributed by atoms with Crippen molar-refractivity contribution in [3.63, 3.8) is 0 Å². The third-order valence-corrected chi connectivity index (χ3v) is 4.57. The van der Waals surface area contributed by atoms with Crippen molar-refractivity contribution in [2.75, 3.05) is 31.1 Å². The molecule has 0 amide bonds. The van der Waals surface area contributed by atoms with E-state index in [1.165, 1.54) is 12.1 Å². The number of benzene rings is 1. The number of rotatable bonds is 5. The van der Waals surface area contributed by atoms with Crippen molar-refractivity contribution in [1.29, 1.82) is 5.26 Å². The minimum absolute atomic E-state index is 0.103. The van der Waals surface area contributed by atoms with Crippen molar-refractivity contribution in [2.45, 2.75) is 19.0 Å². The van der Waals surface area contributed by atoms with E-state index >= 15 is 0 Å². The number of anilines is 1. The Bertz CT molecular complexity index is 744. The van der Waals surface area contributed by atoms with Gasteiger partial charge < -0.3 is 10.0 Å². The Morgan fingerprint density at radius 2 is 2.04 bits per heavy atom. The van der Waals surface area contributed by atoms with E-state index in [1.54, 1.807) is 30.5 Å². The Morgan fingerprint density at radius 1 is 1.24 bits per heavy atom. The van der Waals surface area contributed by atoms with Crippen molar-refractivity contribution in [3.05, 3.63) is 59.5 Å². The van der Waals surface area contributed by atoms with Gasteiger partial charge in [0.25, 0.3) is 0 Å². The maximum Gasteiger partial charge on any atom is 0.146 e. The van der Waals surface area contributed by atoms with E-state index in [9.17, 15) is 14.8 Å². The standard InChI is InChI=1S/C19H21FN4O/c20-17-5-3-15(4-6-17)13-23-9-10-24(14-18(23)7-11-25)19-16(12-21)2-1-8-22-19/h1-6,8,18,25H,7,9-11,13-14H2/t18-/m0/s1. The van der Waals surface area contributed by atoms with Gasteiger partial charge in [0.1, 0.15) is 17.7 Å². The minimum atomic E-state index is -0.236. The number of aliphatic hydroxyl groups excluding tert-OH is 1. The van der Waals surface area contributed by atoms with Crippen molar-refractivity contribution in [1.82, 2.24) is 9.88 Å². The summed E-state index contributed by atoms with van der Waals surface area (Å²) >= 11 is 0. The van der Waals surface area contributed by atoms with Crippen molar-refractivity contribution >= 4 is 5.82 Å². The highest BCUT2D eigenvalue weighted by Crippen LogP contribution is 2.23. The number of pyridine rings is 1. The van der Waals surface area contributed by atoms with Gasteiger partial charge in [0.05, 0.1) is 5.56 Å². The van der Waals surface area contributed by atoms with Gasteiger partial charge >= 0.3 is 0 Å². The van der Waals surface area contributed by atoms with Crippen LogP contribution in [0.5, 0.6) is 0 Å². The molecule has 130 valence electrons. The molecule has 2 aromatic rings. The van der Waals surface area contributed by atoms with Crippen LogP contribution in [0.15, 0.2) is 42.6 Å². The van der Waals surface area contributed by atoms with Crippen molar-refractivity contribution < 1.29 is 9.50 Å². The highest BCUT2D eigenvalue weighted by atomic mass is 19.1. The molecule has 1 atom stereocenters. The predicted octanol–water partition coefficient (Wildman–Crippen LogP) is 2.17. The Balaban J connectivity index is 1.74. The Hall–Kier alpha value is -2.49. The molecular weight excluding hydrogens is 319 g/mol. The van der Waals surface area contributed by atoms with E-state index in [0.29, 0.717) is 30.9 Å². The largest absolute Gasteiger partial charge is 0.396 e. The van der Waals surface area contributed by atoms with E-state index in [0.717, 1.165) is 18.7 Å². The van der Waals surface area contributed by atoms with Gasteiger partial charge in [0.15, 0.2) is 0 Å². The molecule has 1 fully saturated rings. The molecule has 3 rings (SSSR count). The normalized spacial score (nSPS) is 18.1. The van der Waals surface area contributed by atoms with Crippen LogP contribution in [0.3, 0.4) is 0 Å². The van der Waals surface area contributed by atoms with Crippen LogP contribution in [-0.2, 0) is 6.54 Å². The van der Waals surface area contributed by atoms with Crippen LogP contribution >= 0.6 is 0 Å². The summed E-state index contributed by atoms with van der Waals surface area (Å²) in [5.41, 5.74) is 1.62.